The van der Waals surface area contributed by atoms with Crippen LogP contribution >= 0.6 is 0 Å². The van der Waals surface area contributed by atoms with Gasteiger partial charge in [-0.2, -0.15) is 0 Å². The van der Waals surface area contributed by atoms with Crippen LogP contribution in [0.5, 0.6) is 17.2 Å². The Morgan fingerprint density at radius 3 is 2.55 bits per heavy atom. The fourth-order valence-electron chi connectivity index (χ4n) is 5.01. The van der Waals surface area contributed by atoms with Crippen molar-refractivity contribution in [3.63, 3.8) is 0 Å². The van der Waals surface area contributed by atoms with Crippen molar-refractivity contribution < 1.29 is 23.8 Å². The predicted octanol–water partition coefficient (Wildman–Crippen LogP) is 4.43. The summed E-state index contributed by atoms with van der Waals surface area (Å²) >= 11 is 0. The number of ether oxygens (including phenoxy) is 3. The molecule has 0 aromatic heterocycles. The number of rotatable bonds is 4. The number of hydrogen-bond acceptors (Lipinski definition) is 5. The van der Waals surface area contributed by atoms with E-state index in [0.717, 1.165) is 16.3 Å². The number of carbonyl (C=O) groups excluding carboxylic acids is 2. The Hall–Kier alpha value is -3.54. The maximum Gasteiger partial charge on any atom is 0.227 e. The van der Waals surface area contributed by atoms with E-state index in [-0.39, 0.29) is 18.1 Å². The number of methoxy groups -OCH3 is 2. The van der Waals surface area contributed by atoms with E-state index in [4.69, 9.17) is 14.2 Å². The van der Waals surface area contributed by atoms with Gasteiger partial charge in [-0.15, -0.1) is 0 Å². The number of ketones is 1. The van der Waals surface area contributed by atoms with E-state index in [1.807, 2.05) is 29.2 Å². The Balaban J connectivity index is 1.31. The fourth-order valence-corrected chi connectivity index (χ4v) is 5.01. The van der Waals surface area contributed by atoms with Crippen molar-refractivity contribution in [2.75, 3.05) is 27.3 Å². The highest BCUT2D eigenvalue weighted by molar-refractivity contribution is 6.03. The van der Waals surface area contributed by atoms with Crippen molar-refractivity contribution in [1.82, 2.24) is 4.90 Å². The minimum absolute atomic E-state index is 0.00582. The van der Waals surface area contributed by atoms with Crippen molar-refractivity contribution in [2.45, 2.75) is 31.3 Å². The Morgan fingerprint density at radius 2 is 1.79 bits per heavy atom. The van der Waals surface area contributed by atoms with E-state index in [1.165, 1.54) is 7.11 Å². The van der Waals surface area contributed by atoms with Crippen LogP contribution in [0.15, 0.2) is 54.6 Å². The van der Waals surface area contributed by atoms with Gasteiger partial charge in [0.05, 0.1) is 27.1 Å². The number of piperidine rings is 1. The fraction of sp³-hybridized carbons (Fsp3) is 0.333. The summed E-state index contributed by atoms with van der Waals surface area (Å²) in [6, 6.07) is 17.7. The monoisotopic (exact) mass is 445 g/mol. The molecule has 1 saturated heterocycles. The zero-order chi connectivity index (χ0) is 23.0. The normalized spacial score (nSPS) is 16.9. The predicted molar refractivity (Wildman–Crippen MR) is 125 cm³/mol. The Kier molecular flexibility index (Phi) is 5.44. The van der Waals surface area contributed by atoms with Crippen LogP contribution < -0.4 is 14.2 Å². The first kappa shape index (κ1) is 21.3. The van der Waals surface area contributed by atoms with Crippen molar-refractivity contribution in [1.29, 1.82) is 0 Å². The molecule has 33 heavy (non-hydrogen) atoms. The van der Waals surface area contributed by atoms with Gasteiger partial charge in [-0.3, -0.25) is 9.59 Å². The van der Waals surface area contributed by atoms with Crippen LogP contribution in [0, 0.1) is 0 Å². The summed E-state index contributed by atoms with van der Waals surface area (Å²) < 4.78 is 17.1. The van der Waals surface area contributed by atoms with Crippen molar-refractivity contribution in [3.8, 4) is 17.2 Å². The summed E-state index contributed by atoms with van der Waals surface area (Å²) in [5, 5.41) is 2.25. The van der Waals surface area contributed by atoms with Crippen LogP contribution in [0.1, 0.15) is 35.2 Å². The van der Waals surface area contributed by atoms with Crippen LogP contribution in [0.25, 0.3) is 10.8 Å². The van der Waals surface area contributed by atoms with Gasteiger partial charge >= 0.3 is 0 Å². The molecule has 5 rings (SSSR count). The SMILES string of the molecule is COc1cc(OC)c2c(c1)OC1(CCN(C(=O)Cc3cccc4ccccc34)CC1)CC2=O. The molecule has 170 valence electrons. The highest BCUT2D eigenvalue weighted by Gasteiger charge is 2.44. The largest absolute Gasteiger partial charge is 0.496 e. The molecule has 3 aromatic rings. The highest BCUT2D eigenvalue weighted by Crippen LogP contribution is 2.44. The summed E-state index contributed by atoms with van der Waals surface area (Å²) in [7, 11) is 3.11. The highest BCUT2D eigenvalue weighted by atomic mass is 16.5. The Labute approximate surface area is 193 Å². The van der Waals surface area contributed by atoms with Crippen LogP contribution in [0.3, 0.4) is 0 Å². The molecule has 0 N–H and O–H groups in total. The lowest BCUT2D eigenvalue weighted by atomic mass is 9.82. The summed E-state index contributed by atoms with van der Waals surface area (Å²) in [5.41, 5.74) is 0.909. The average molecular weight is 446 g/mol. The molecule has 0 aliphatic carbocycles. The summed E-state index contributed by atoms with van der Waals surface area (Å²) in [6.07, 6.45) is 1.87. The number of nitrogens with zero attached hydrogens (tertiary/aromatic N) is 1. The molecule has 1 fully saturated rings. The topological polar surface area (TPSA) is 65.1 Å². The first-order valence-electron chi connectivity index (χ1n) is 11.2. The maximum absolute atomic E-state index is 13.1. The minimum Gasteiger partial charge on any atom is -0.496 e. The van der Waals surface area contributed by atoms with Gasteiger partial charge < -0.3 is 19.1 Å². The number of Topliss-reactive ketones (excluding diaryl/α,β-unsaturated/α-hetero) is 1. The molecule has 0 radical (unpaired) electrons. The van der Waals surface area contributed by atoms with Gasteiger partial charge in [0, 0.05) is 38.1 Å². The molecule has 6 heteroatoms. The molecule has 6 nitrogen and oxygen atoms in total. The van der Waals surface area contributed by atoms with Crippen LogP contribution in [0.2, 0.25) is 0 Å². The smallest absolute Gasteiger partial charge is 0.227 e. The van der Waals surface area contributed by atoms with Gasteiger partial charge in [0.15, 0.2) is 5.78 Å². The standard InChI is InChI=1S/C27H27NO5/c1-31-20-15-23(32-2)26-22(29)17-27(33-24(26)16-20)10-12-28(13-11-27)25(30)14-19-8-5-7-18-6-3-4-9-21(18)19/h3-9,15-16H,10-14,17H2,1-2H3. The van der Waals surface area contributed by atoms with Crippen LogP contribution in [-0.2, 0) is 11.2 Å². The van der Waals surface area contributed by atoms with Crippen LogP contribution in [-0.4, -0.2) is 49.5 Å². The second-order valence-corrected chi connectivity index (χ2v) is 8.78. The minimum atomic E-state index is -0.600. The number of carbonyl (C=O) groups is 2. The third kappa shape index (κ3) is 3.90. The van der Waals surface area contributed by atoms with Gasteiger partial charge in [0.25, 0.3) is 0 Å². The molecule has 0 saturated carbocycles. The molecule has 0 atom stereocenters. The first-order valence-corrected chi connectivity index (χ1v) is 11.2. The lowest BCUT2D eigenvalue weighted by Gasteiger charge is -2.44. The third-order valence-electron chi connectivity index (χ3n) is 6.83. The maximum atomic E-state index is 13.1. The van der Waals surface area contributed by atoms with Gasteiger partial charge in [0.2, 0.25) is 5.91 Å². The Bertz CT molecular complexity index is 1220. The van der Waals surface area contributed by atoms with Gasteiger partial charge in [-0.25, -0.2) is 0 Å². The van der Waals surface area contributed by atoms with Crippen LogP contribution in [0.4, 0.5) is 0 Å². The third-order valence-corrected chi connectivity index (χ3v) is 6.83. The molecule has 1 amide bonds. The molecule has 2 heterocycles. The summed E-state index contributed by atoms with van der Waals surface area (Å²) in [4.78, 5) is 28.0. The second-order valence-electron chi connectivity index (χ2n) is 8.78. The van der Waals surface area contributed by atoms with Crippen molar-refractivity contribution >= 4 is 22.5 Å². The molecule has 2 aliphatic rings. The summed E-state index contributed by atoms with van der Waals surface area (Å²) in [6.45, 7) is 1.13. The lowest BCUT2D eigenvalue weighted by Crippen LogP contribution is -2.52. The molecule has 0 bridgehead atoms. The number of benzene rings is 3. The molecular formula is C27H27NO5. The number of hydrogen-bond donors (Lipinski definition) is 0. The second kappa shape index (κ2) is 8.43. The van der Waals surface area contributed by atoms with Crippen molar-refractivity contribution in [3.05, 3.63) is 65.7 Å². The van der Waals surface area contributed by atoms with E-state index < -0.39 is 5.60 Å². The first-order chi connectivity index (χ1) is 16.0. The summed E-state index contributed by atoms with van der Waals surface area (Å²) in [5.74, 6) is 1.65. The zero-order valence-electron chi connectivity index (χ0n) is 18.9. The van der Waals surface area contributed by atoms with E-state index >= 15 is 0 Å². The average Bonchev–Trinajstić information content (AvgIpc) is 2.83. The molecule has 2 aliphatic heterocycles. The van der Waals surface area contributed by atoms with Gasteiger partial charge in [-0.05, 0) is 16.3 Å². The zero-order valence-corrected chi connectivity index (χ0v) is 18.9. The molecule has 1 spiro atoms. The number of likely N-dealkylation sites (tertiary alicyclic amines) is 1. The molecular weight excluding hydrogens is 418 g/mol. The van der Waals surface area contributed by atoms with Gasteiger partial charge in [0.1, 0.15) is 28.4 Å². The quantitative estimate of drug-likeness (QED) is 0.595. The van der Waals surface area contributed by atoms with E-state index in [1.54, 1.807) is 19.2 Å². The van der Waals surface area contributed by atoms with Crippen molar-refractivity contribution in [2.24, 2.45) is 0 Å². The number of fused-ring (bicyclic) bond motifs is 2. The van der Waals surface area contributed by atoms with E-state index in [0.29, 0.717) is 55.2 Å². The van der Waals surface area contributed by atoms with E-state index in [2.05, 4.69) is 18.2 Å². The van der Waals surface area contributed by atoms with E-state index in [9.17, 15) is 9.59 Å². The lowest BCUT2D eigenvalue weighted by molar-refractivity contribution is -0.134. The number of amides is 1. The molecule has 3 aromatic carbocycles. The molecule has 0 unspecified atom stereocenters. The Morgan fingerprint density at radius 1 is 1.03 bits per heavy atom. The van der Waals surface area contributed by atoms with Gasteiger partial charge in [-0.1, -0.05) is 42.5 Å².